The quantitative estimate of drug-likeness (QED) is 0.629. The highest BCUT2D eigenvalue weighted by Crippen LogP contribution is 2.08. The van der Waals surface area contributed by atoms with Gasteiger partial charge in [0.15, 0.2) is 0 Å². The summed E-state index contributed by atoms with van der Waals surface area (Å²) in [5.41, 5.74) is 5.78. The summed E-state index contributed by atoms with van der Waals surface area (Å²) in [4.78, 5) is 16.5. The Morgan fingerprint density at radius 2 is 2.00 bits per heavy atom. The number of carbonyl (C=O) groups is 1. The van der Waals surface area contributed by atoms with Crippen LogP contribution in [0, 0.1) is 0 Å². The van der Waals surface area contributed by atoms with Gasteiger partial charge in [-0.2, -0.15) is 0 Å². The van der Waals surface area contributed by atoms with E-state index in [-0.39, 0.29) is 11.9 Å². The lowest BCUT2D eigenvalue weighted by molar-refractivity contribution is -0.123. The van der Waals surface area contributed by atoms with Gasteiger partial charge in [0.2, 0.25) is 5.91 Å². The van der Waals surface area contributed by atoms with E-state index in [0.29, 0.717) is 25.7 Å². The van der Waals surface area contributed by atoms with Gasteiger partial charge in [-0.3, -0.25) is 14.6 Å². The summed E-state index contributed by atoms with van der Waals surface area (Å²) in [6.45, 7) is 9.72. The summed E-state index contributed by atoms with van der Waals surface area (Å²) in [6, 6.07) is 0.545. The van der Waals surface area contributed by atoms with E-state index in [4.69, 9.17) is 10.5 Å². The van der Waals surface area contributed by atoms with Crippen LogP contribution in [0.4, 0.5) is 0 Å². The summed E-state index contributed by atoms with van der Waals surface area (Å²) >= 11 is 0. The Morgan fingerprint density at radius 1 is 1.35 bits per heavy atom. The van der Waals surface area contributed by atoms with Gasteiger partial charge in [-0.15, -0.1) is 0 Å². The molecule has 1 fully saturated rings. The number of methoxy groups -OCH3 is 1. The molecule has 6 nitrogen and oxygen atoms in total. The van der Waals surface area contributed by atoms with E-state index < -0.39 is 0 Å². The smallest absolute Gasteiger partial charge is 0.234 e. The van der Waals surface area contributed by atoms with Gasteiger partial charge in [0.1, 0.15) is 0 Å². The summed E-state index contributed by atoms with van der Waals surface area (Å²) < 4.78 is 5.01. The van der Waals surface area contributed by atoms with E-state index >= 15 is 0 Å². The SMILES string of the molecule is CCC(CN)N1CCN(CC(=O)NC(C)COC)CC1. The molecule has 1 amide bonds. The summed E-state index contributed by atoms with van der Waals surface area (Å²) in [7, 11) is 1.64. The topological polar surface area (TPSA) is 70.8 Å². The van der Waals surface area contributed by atoms with Crippen molar-refractivity contribution in [1.29, 1.82) is 0 Å². The molecular weight excluding hydrogens is 256 g/mol. The molecule has 0 aromatic carbocycles. The maximum atomic E-state index is 11.9. The molecule has 118 valence electrons. The molecule has 0 saturated carbocycles. The van der Waals surface area contributed by atoms with E-state index in [0.717, 1.165) is 32.6 Å². The fourth-order valence-electron chi connectivity index (χ4n) is 2.68. The Morgan fingerprint density at radius 3 is 2.50 bits per heavy atom. The molecule has 1 heterocycles. The third-order valence-corrected chi connectivity index (χ3v) is 3.86. The molecule has 0 aromatic heterocycles. The van der Waals surface area contributed by atoms with Crippen molar-refractivity contribution in [1.82, 2.24) is 15.1 Å². The standard InChI is InChI=1S/C14H30N4O2/c1-4-13(9-15)18-7-5-17(6-8-18)10-14(19)16-12(2)11-20-3/h12-13H,4-11,15H2,1-3H3,(H,16,19). The Labute approximate surface area is 122 Å². The van der Waals surface area contributed by atoms with Crippen LogP contribution in [0.15, 0.2) is 0 Å². The van der Waals surface area contributed by atoms with E-state index in [1.54, 1.807) is 7.11 Å². The molecule has 1 saturated heterocycles. The first kappa shape index (κ1) is 17.4. The van der Waals surface area contributed by atoms with Crippen molar-refractivity contribution in [3.63, 3.8) is 0 Å². The number of nitrogens with one attached hydrogen (secondary N) is 1. The predicted molar refractivity (Wildman–Crippen MR) is 80.6 cm³/mol. The Balaban J connectivity index is 2.26. The van der Waals surface area contributed by atoms with Gasteiger partial charge >= 0.3 is 0 Å². The minimum absolute atomic E-state index is 0.0653. The van der Waals surface area contributed by atoms with Gasteiger partial charge < -0.3 is 15.8 Å². The highest BCUT2D eigenvalue weighted by atomic mass is 16.5. The molecule has 3 N–H and O–H groups in total. The van der Waals surface area contributed by atoms with Crippen LogP contribution in [0.1, 0.15) is 20.3 Å². The zero-order valence-electron chi connectivity index (χ0n) is 13.1. The molecule has 0 radical (unpaired) electrons. The monoisotopic (exact) mass is 286 g/mol. The molecule has 0 aromatic rings. The second-order valence-electron chi connectivity index (χ2n) is 5.53. The van der Waals surface area contributed by atoms with Crippen molar-refractivity contribution in [3.05, 3.63) is 0 Å². The average molecular weight is 286 g/mol. The molecule has 0 aliphatic carbocycles. The molecule has 1 aliphatic heterocycles. The lowest BCUT2D eigenvalue weighted by Crippen LogP contribution is -2.54. The lowest BCUT2D eigenvalue weighted by Gasteiger charge is -2.38. The number of nitrogens with zero attached hydrogens (tertiary/aromatic N) is 2. The minimum atomic E-state index is 0.0653. The van der Waals surface area contributed by atoms with E-state index in [1.807, 2.05) is 6.92 Å². The first-order valence-corrected chi connectivity index (χ1v) is 7.55. The molecular formula is C14H30N4O2. The van der Waals surface area contributed by atoms with Gasteiger partial charge in [-0.1, -0.05) is 6.92 Å². The summed E-state index contributed by atoms with van der Waals surface area (Å²) in [5.74, 6) is 0.0777. The van der Waals surface area contributed by atoms with Gasteiger partial charge in [-0.25, -0.2) is 0 Å². The molecule has 1 aliphatic rings. The van der Waals surface area contributed by atoms with Crippen LogP contribution >= 0.6 is 0 Å². The summed E-state index contributed by atoms with van der Waals surface area (Å²) in [5, 5.41) is 2.95. The van der Waals surface area contributed by atoms with E-state index in [1.165, 1.54) is 0 Å². The van der Waals surface area contributed by atoms with Crippen molar-refractivity contribution in [2.45, 2.75) is 32.4 Å². The lowest BCUT2D eigenvalue weighted by atomic mass is 10.1. The number of ether oxygens (including phenoxy) is 1. The predicted octanol–water partition coefficient (Wildman–Crippen LogP) is -0.508. The highest BCUT2D eigenvalue weighted by Gasteiger charge is 2.23. The van der Waals surface area contributed by atoms with Crippen molar-refractivity contribution in [2.24, 2.45) is 5.73 Å². The number of nitrogens with two attached hydrogens (primary N) is 1. The van der Waals surface area contributed by atoms with Crippen molar-refractivity contribution >= 4 is 5.91 Å². The number of carbonyl (C=O) groups excluding carboxylic acids is 1. The van der Waals surface area contributed by atoms with E-state index in [2.05, 4.69) is 22.0 Å². The third kappa shape index (κ3) is 5.75. The maximum absolute atomic E-state index is 11.9. The number of piperazine rings is 1. The number of rotatable bonds is 8. The van der Waals surface area contributed by atoms with Gasteiger partial charge in [0, 0.05) is 51.9 Å². The molecule has 2 unspecified atom stereocenters. The van der Waals surface area contributed by atoms with Gasteiger partial charge in [-0.05, 0) is 13.3 Å². The molecule has 1 rings (SSSR count). The van der Waals surface area contributed by atoms with Gasteiger partial charge in [0.05, 0.1) is 13.2 Å². The Kier molecular flexibility index (Phi) is 8.06. The van der Waals surface area contributed by atoms with Crippen LogP contribution in [0.3, 0.4) is 0 Å². The number of hydrogen-bond acceptors (Lipinski definition) is 5. The van der Waals surface area contributed by atoms with Crippen LogP contribution in [-0.4, -0.2) is 80.8 Å². The molecule has 0 spiro atoms. The molecule has 0 bridgehead atoms. The fourth-order valence-corrected chi connectivity index (χ4v) is 2.68. The van der Waals surface area contributed by atoms with Crippen molar-refractivity contribution in [2.75, 3.05) is 53.0 Å². The number of amides is 1. The average Bonchev–Trinajstić information content (AvgIpc) is 2.42. The minimum Gasteiger partial charge on any atom is -0.383 e. The maximum Gasteiger partial charge on any atom is 0.234 e. The Hall–Kier alpha value is -0.690. The second kappa shape index (κ2) is 9.28. The first-order valence-electron chi connectivity index (χ1n) is 7.55. The molecule has 2 atom stereocenters. The van der Waals surface area contributed by atoms with Gasteiger partial charge in [0.25, 0.3) is 0 Å². The van der Waals surface area contributed by atoms with Crippen LogP contribution in [0.5, 0.6) is 0 Å². The van der Waals surface area contributed by atoms with Crippen LogP contribution in [-0.2, 0) is 9.53 Å². The highest BCUT2D eigenvalue weighted by molar-refractivity contribution is 5.78. The summed E-state index contributed by atoms with van der Waals surface area (Å²) in [6.07, 6.45) is 1.09. The largest absolute Gasteiger partial charge is 0.383 e. The zero-order chi connectivity index (χ0) is 15.0. The van der Waals surface area contributed by atoms with Crippen LogP contribution in [0.2, 0.25) is 0 Å². The fraction of sp³-hybridized carbons (Fsp3) is 0.929. The van der Waals surface area contributed by atoms with E-state index in [9.17, 15) is 4.79 Å². The number of hydrogen-bond donors (Lipinski definition) is 2. The third-order valence-electron chi connectivity index (χ3n) is 3.86. The second-order valence-corrected chi connectivity index (χ2v) is 5.53. The normalized spacial score (nSPS) is 20.6. The Bertz CT molecular complexity index is 276. The zero-order valence-corrected chi connectivity index (χ0v) is 13.1. The molecule has 20 heavy (non-hydrogen) atoms. The molecule has 6 heteroatoms. The van der Waals surface area contributed by atoms with Crippen LogP contribution < -0.4 is 11.1 Å². The first-order chi connectivity index (χ1) is 9.60. The van der Waals surface area contributed by atoms with Crippen molar-refractivity contribution in [3.8, 4) is 0 Å². The van der Waals surface area contributed by atoms with Crippen LogP contribution in [0.25, 0.3) is 0 Å². The van der Waals surface area contributed by atoms with Crippen molar-refractivity contribution < 1.29 is 9.53 Å².